The van der Waals surface area contributed by atoms with Crippen LogP contribution in [0.5, 0.6) is 5.75 Å². The van der Waals surface area contributed by atoms with Crippen molar-refractivity contribution < 1.29 is 14.3 Å². The van der Waals surface area contributed by atoms with Crippen LogP contribution in [0.3, 0.4) is 0 Å². The van der Waals surface area contributed by atoms with Gasteiger partial charge in [-0.3, -0.25) is 9.59 Å². The SMILES string of the molecule is COc1ccc(N2C(=O)CC(Nc3ccc(Cl)c(Cl)c3)C2=O)cc1. The van der Waals surface area contributed by atoms with Crippen LogP contribution < -0.4 is 15.0 Å². The van der Waals surface area contributed by atoms with Gasteiger partial charge in [0.25, 0.3) is 5.91 Å². The number of ether oxygens (including phenoxy) is 1. The molecule has 0 radical (unpaired) electrons. The van der Waals surface area contributed by atoms with E-state index in [0.29, 0.717) is 27.2 Å². The molecule has 0 aliphatic carbocycles. The third kappa shape index (κ3) is 3.18. The summed E-state index contributed by atoms with van der Waals surface area (Å²) >= 11 is 11.8. The van der Waals surface area contributed by atoms with Crippen LogP contribution in [0.2, 0.25) is 10.0 Å². The summed E-state index contributed by atoms with van der Waals surface area (Å²) in [6, 6.07) is 11.1. The van der Waals surface area contributed by atoms with Gasteiger partial charge in [0.05, 0.1) is 29.3 Å². The normalized spacial score (nSPS) is 17.3. The van der Waals surface area contributed by atoms with Gasteiger partial charge >= 0.3 is 0 Å². The summed E-state index contributed by atoms with van der Waals surface area (Å²) < 4.78 is 5.08. The van der Waals surface area contributed by atoms with Crippen molar-refractivity contribution in [1.82, 2.24) is 0 Å². The van der Waals surface area contributed by atoms with Crippen molar-refractivity contribution in [3.05, 3.63) is 52.5 Å². The molecular weight excluding hydrogens is 351 g/mol. The molecule has 0 bridgehead atoms. The summed E-state index contributed by atoms with van der Waals surface area (Å²) in [6.45, 7) is 0. The van der Waals surface area contributed by atoms with Crippen molar-refractivity contribution in [3.63, 3.8) is 0 Å². The summed E-state index contributed by atoms with van der Waals surface area (Å²) in [6.07, 6.45) is 0.0745. The zero-order valence-electron chi connectivity index (χ0n) is 12.8. The smallest absolute Gasteiger partial charge is 0.256 e. The van der Waals surface area contributed by atoms with E-state index >= 15 is 0 Å². The first-order chi connectivity index (χ1) is 11.5. The lowest BCUT2D eigenvalue weighted by Crippen LogP contribution is -2.34. The quantitative estimate of drug-likeness (QED) is 0.839. The fourth-order valence-electron chi connectivity index (χ4n) is 2.53. The highest BCUT2D eigenvalue weighted by Gasteiger charge is 2.39. The minimum Gasteiger partial charge on any atom is -0.497 e. The number of imide groups is 1. The van der Waals surface area contributed by atoms with Crippen molar-refractivity contribution in [2.75, 3.05) is 17.3 Å². The van der Waals surface area contributed by atoms with Gasteiger partial charge in [0.1, 0.15) is 11.8 Å². The van der Waals surface area contributed by atoms with Gasteiger partial charge in [0.2, 0.25) is 5.91 Å². The number of methoxy groups -OCH3 is 1. The molecule has 0 spiro atoms. The fourth-order valence-corrected chi connectivity index (χ4v) is 2.83. The summed E-state index contributed by atoms with van der Waals surface area (Å²) in [5.41, 5.74) is 1.15. The van der Waals surface area contributed by atoms with Gasteiger partial charge in [0.15, 0.2) is 0 Å². The average Bonchev–Trinajstić information content (AvgIpc) is 2.85. The van der Waals surface area contributed by atoms with E-state index in [0.717, 1.165) is 0 Å². The zero-order chi connectivity index (χ0) is 17.3. The van der Waals surface area contributed by atoms with Gasteiger partial charge in [-0.2, -0.15) is 0 Å². The van der Waals surface area contributed by atoms with Crippen LogP contribution in [0.1, 0.15) is 6.42 Å². The fraction of sp³-hybridized carbons (Fsp3) is 0.176. The second-order valence-electron chi connectivity index (χ2n) is 5.30. The molecule has 24 heavy (non-hydrogen) atoms. The number of nitrogens with one attached hydrogen (secondary N) is 1. The van der Waals surface area contributed by atoms with Crippen molar-refractivity contribution in [3.8, 4) is 5.75 Å². The number of amides is 2. The summed E-state index contributed by atoms with van der Waals surface area (Å²) in [7, 11) is 1.55. The van der Waals surface area contributed by atoms with Crippen LogP contribution in [-0.4, -0.2) is 25.0 Å². The van der Waals surface area contributed by atoms with Crippen molar-refractivity contribution >= 4 is 46.4 Å². The molecule has 1 heterocycles. The Morgan fingerprint density at radius 2 is 1.79 bits per heavy atom. The van der Waals surface area contributed by atoms with E-state index in [9.17, 15) is 9.59 Å². The topological polar surface area (TPSA) is 58.6 Å². The van der Waals surface area contributed by atoms with Crippen LogP contribution in [0.25, 0.3) is 0 Å². The molecular formula is C17H14Cl2N2O3. The van der Waals surface area contributed by atoms with E-state index in [4.69, 9.17) is 27.9 Å². The maximum atomic E-state index is 12.6. The molecule has 2 amide bonds. The lowest BCUT2D eigenvalue weighted by molar-refractivity contribution is -0.121. The third-order valence-corrected chi connectivity index (χ3v) is 4.48. The molecule has 3 rings (SSSR count). The van der Waals surface area contributed by atoms with E-state index in [1.807, 2.05) is 0 Å². The van der Waals surface area contributed by atoms with E-state index in [1.54, 1.807) is 49.6 Å². The van der Waals surface area contributed by atoms with Gasteiger partial charge in [-0.1, -0.05) is 23.2 Å². The number of benzene rings is 2. The second kappa shape index (κ2) is 6.71. The standard InChI is InChI=1S/C17H14Cl2N2O3/c1-24-12-5-3-11(4-6-12)21-16(22)9-15(17(21)23)20-10-2-7-13(18)14(19)8-10/h2-8,15,20H,9H2,1H3. The Kier molecular flexibility index (Phi) is 4.64. The molecule has 0 saturated carbocycles. The lowest BCUT2D eigenvalue weighted by atomic mass is 10.2. The molecule has 1 fully saturated rings. The van der Waals surface area contributed by atoms with Crippen LogP contribution >= 0.6 is 23.2 Å². The maximum absolute atomic E-state index is 12.6. The molecule has 2 aromatic rings. The average molecular weight is 365 g/mol. The molecule has 1 aliphatic rings. The highest BCUT2D eigenvalue weighted by molar-refractivity contribution is 6.42. The zero-order valence-corrected chi connectivity index (χ0v) is 14.3. The first-order valence-corrected chi connectivity index (χ1v) is 7.97. The van der Waals surface area contributed by atoms with Crippen molar-refractivity contribution in [1.29, 1.82) is 0 Å². The minimum atomic E-state index is -0.642. The molecule has 1 unspecified atom stereocenters. The Morgan fingerprint density at radius 1 is 1.08 bits per heavy atom. The molecule has 0 aromatic heterocycles. The summed E-state index contributed by atoms with van der Waals surface area (Å²) in [5.74, 6) is 0.0855. The predicted molar refractivity (Wildman–Crippen MR) is 94.0 cm³/mol. The molecule has 2 aromatic carbocycles. The highest BCUT2D eigenvalue weighted by atomic mass is 35.5. The van der Waals surface area contributed by atoms with Gasteiger partial charge in [-0.05, 0) is 42.5 Å². The Balaban J connectivity index is 1.79. The number of nitrogens with zero attached hydrogens (tertiary/aromatic N) is 1. The number of carbonyl (C=O) groups is 2. The molecule has 5 nitrogen and oxygen atoms in total. The summed E-state index contributed by atoms with van der Waals surface area (Å²) in [5, 5.41) is 3.84. The van der Waals surface area contributed by atoms with E-state index in [2.05, 4.69) is 5.32 Å². The predicted octanol–water partition coefficient (Wildman–Crippen LogP) is 3.75. The Labute approximate surface area is 149 Å². The first kappa shape index (κ1) is 16.6. The highest BCUT2D eigenvalue weighted by Crippen LogP contribution is 2.29. The number of hydrogen-bond donors (Lipinski definition) is 1. The molecule has 1 saturated heterocycles. The Morgan fingerprint density at radius 3 is 2.42 bits per heavy atom. The van der Waals surface area contributed by atoms with Gasteiger partial charge < -0.3 is 10.1 Å². The second-order valence-corrected chi connectivity index (χ2v) is 6.11. The van der Waals surface area contributed by atoms with Crippen molar-refractivity contribution in [2.45, 2.75) is 12.5 Å². The van der Waals surface area contributed by atoms with Gasteiger partial charge in [0, 0.05) is 5.69 Å². The van der Waals surface area contributed by atoms with E-state index < -0.39 is 6.04 Å². The van der Waals surface area contributed by atoms with Crippen molar-refractivity contribution in [2.24, 2.45) is 0 Å². The number of carbonyl (C=O) groups excluding carboxylic acids is 2. The van der Waals surface area contributed by atoms with E-state index in [1.165, 1.54) is 4.90 Å². The number of anilines is 2. The molecule has 1 atom stereocenters. The van der Waals surface area contributed by atoms with Crippen LogP contribution in [0, 0.1) is 0 Å². The lowest BCUT2D eigenvalue weighted by Gasteiger charge is -2.16. The third-order valence-electron chi connectivity index (χ3n) is 3.74. The molecule has 1 N–H and O–H groups in total. The summed E-state index contributed by atoms with van der Waals surface area (Å²) in [4.78, 5) is 26.0. The molecule has 1 aliphatic heterocycles. The first-order valence-electron chi connectivity index (χ1n) is 7.22. The molecule has 7 heteroatoms. The number of hydrogen-bond acceptors (Lipinski definition) is 4. The Bertz CT molecular complexity index is 793. The maximum Gasteiger partial charge on any atom is 0.256 e. The van der Waals surface area contributed by atoms with Gasteiger partial charge in [-0.25, -0.2) is 4.90 Å². The monoisotopic (exact) mass is 364 g/mol. The van der Waals surface area contributed by atoms with Crippen LogP contribution in [0.15, 0.2) is 42.5 Å². The number of rotatable bonds is 4. The number of halogens is 2. The van der Waals surface area contributed by atoms with Gasteiger partial charge in [-0.15, -0.1) is 0 Å². The Hall–Kier alpha value is -2.24. The largest absolute Gasteiger partial charge is 0.497 e. The van der Waals surface area contributed by atoms with Crippen LogP contribution in [-0.2, 0) is 9.59 Å². The van der Waals surface area contributed by atoms with Crippen LogP contribution in [0.4, 0.5) is 11.4 Å². The minimum absolute atomic E-state index is 0.0745. The molecule has 124 valence electrons. The van der Waals surface area contributed by atoms with E-state index in [-0.39, 0.29) is 18.2 Å².